The summed E-state index contributed by atoms with van der Waals surface area (Å²) in [5.41, 5.74) is 3.26. The third kappa shape index (κ3) is 11.9. The van der Waals surface area contributed by atoms with Crippen LogP contribution in [0.15, 0.2) is 61.2 Å². The number of pyridine rings is 2. The first kappa shape index (κ1) is 55.2. The second kappa shape index (κ2) is 23.0. The Balaban J connectivity index is 0.000000173. The third-order valence-corrected chi connectivity index (χ3v) is 16.6. The Kier molecular flexibility index (Phi) is 15.7. The first-order chi connectivity index (χ1) is 38.9. The zero-order valence-corrected chi connectivity index (χ0v) is 47.7. The zero-order valence-electron chi connectivity index (χ0n) is 47.7. The fourth-order valence-electron chi connectivity index (χ4n) is 12.8. The van der Waals surface area contributed by atoms with E-state index in [0.29, 0.717) is 71.2 Å². The molecule has 6 aromatic heterocycles. The number of anilines is 4. The van der Waals surface area contributed by atoms with Crippen molar-refractivity contribution in [3.8, 4) is 0 Å². The van der Waals surface area contributed by atoms with Crippen molar-refractivity contribution >= 4 is 75.3 Å². The summed E-state index contributed by atoms with van der Waals surface area (Å²) < 4.78 is 9.84. The highest BCUT2D eigenvalue weighted by Gasteiger charge is 2.43. The number of nitrogens with zero attached hydrogens (tertiary/aromatic N) is 13. The van der Waals surface area contributed by atoms with E-state index in [2.05, 4.69) is 45.0 Å². The number of amides is 5. The Morgan fingerprint density at radius 3 is 1.37 bits per heavy atom. The summed E-state index contributed by atoms with van der Waals surface area (Å²) in [7, 11) is 7.05. The molecule has 3 N–H and O–H groups in total. The molecule has 4 aliphatic heterocycles. The predicted octanol–water partition coefficient (Wildman–Crippen LogP) is 8.35. The van der Waals surface area contributed by atoms with Crippen molar-refractivity contribution in [1.82, 2.24) is 68.9 Å². The van der Waals surface area contributed by atoms with E-state index < -0.39 is 5.60 Å². The molecule has 2 aliphatic carbocycles. The van der Waals surface area contributed by atoms with E-state index in [1.54, 1.807) is 81.0 Å². The molecule has 0 radical (unpaired) electrons. The number of carbonyl (C=O) groups excluding carboxylic acids is 5. The van der Waals surface area contributed by atoms with Crippen molar-refractivity contribution in [3.05, 3.63) is 83.7 Å². The summed E-state index contributed by atoms with van der Waals surface area (Å²) in [5, 5.41) is 11.6. The van der Waals surface area contributed by atoms with Gasteiger partial charge in [-0.3, -0.25) is 24.1 Å². The number of carbonyl (C=O) groups is 5. The molecule has 0 aromatic carbocycles. The van der Waals surface area contributed by atoms with Crippen LogP contribution in [0.4, 0.5) is 28.3 Å². The Morgan fingerprint density at radius 1 is 0.543 bits per heavy atom. The van der Waals surface area contributed by atoms with Crippen LogP contribution in [0, 0.1) is 0 Å². The van der Waals surface area contributed by atoms with Gasteiger partial charge in [0.1, 0.15) is 39.9 Å². The minimum atomic E-state index is -0.565. The molecule has 6 aliphatic rings. The number of fused-ring (bicyclic) bond motifs is 6. The molecule has 81 heavy (non-hydrogen) atoms. The summed E-state index contributed by atoms with van der Waals surface area (Å²) in [6.45, 7) is 8.06. The van der Waals surface area contributed by atoms with Gasteiger partial charge in [-0.1, -0.05) is 32.1 Å². The van der Waals surface area contributed by atoms with Gasteiger partial charge >= 0.3 is 6.09 Å². The van der Waals surface area contributed by atoms with Crippen LogP contribution in [0.25, 0.3) is 22.1 Å². The molecular formula is C59H76N16O6. The van der Waals surface area contributed by atoms with E-state index in [1.807, 2.05) is 53.7 Å². The van der Waals surface area contributed by atoms with Crippen LogP contribution in [0.2, 0.25) is 0 Å². The summed E-state index contributed by atoms with van der Waals surface area (Å²) in [6, 6.07) is 12.0. The lowest BCUT2D eigenvalue weighted by Crippen LogP contribution is -2.64. The average molecular weight is 1110 g/mol. The van der Waals surface area contributed by atoms with E-state index in [-0.39, 0.29) is 53.9 Å². The van der Waals surface area contributed by atoms with Crippen molar-refractivity contribution in [2.45, 2.75) is 153 Å². The molecule has 5 amide bonds. The molecule has 22 nitrogen and oxygen atoms in total. The topological polar surface area (TPSA) is 234 Å². The average Bonchev–Trinajstić information content (AvgIpc) is 4.42. The zero-order chi connectivity index (χ0) is 56.7. The first-order valence-corrected chi connectivity index (χ1v) is 29.0. The van der Waals surface area contributed by atoms with Crippen LogP contribution in [-0.2, 0) is 4.74 Å². The van der Waals surface area contributed by atoms with Crippen molar-refractivity contribution in [2.24, 2.45) is 0 Å². The highest BCUT2D eigenvalue weighted by Crippen LogP contribution is 2.37. The second-order valence-electron chi connectivity index (χ2n) is 24.2. The number of piperazine rings is 2. The highest BCUT2D eigenvalue weighted by molar-refractivity contribution is 5.99. The van der Waals surface area contributed by atoms with Gasteiger partial charge in [0.2, 0.25) is 11.9 Å². The Labute approximate surface area is 472 Å². The smallest absolute Gasteiger partial charge is 0.410 e. The molecule has 22 heteroatoms. The molecule has 4 unspecified atom stereocenters. The first-order valence-electron chi connectivity index (χ1n) is 29.0. The van der Waals surface area contributed by atoms with Crippen molar-refractivity contribution in [2.75, 3.05) is 65.0 Å². The number of likely N-dealkylation sites (tertiary alicyclic amines) is 2. The van der Waals surface area contributed by atoms with Gasteiger partial charge < -0.3 is 49.4 Å². The van der Waals surface area contributed by atoms with Crippen LogP contribution >= 0.6 is 0 Å². The summed E-state index contributed by atoms with van der Waals surface area (Å²) in [6.07, 6.45) is 21.3. The maximum atomic E-state index is 13.5. The lowest BCUT2D eigenvalue weighted by atomic mass is 9.91. The second-order valence-corrected chi connectivity index (χ2v) is 24.2. The molecule has 4 bridgehead atoms. The Morgan fingerprint density at radius 2 is 0.963 bits per heavy atom. The maximum Gasteiger partial charge on any atom is 0.410 e. The Bertz CT molecular complexity index is 3280. The van der Waals surface area contributed by atoms with Gasteiger partial charge in [0.05, 0.1) is 23.2 Å². The third-order valence-electron chi connectivity index (χ3n) is 16.6. The minimum Gasteiger partial charge on any atom is -0.444 e. The standard InChI is InChI=1S/C32H42N8O4.C27H34N8O2/c1-32(2,3)44-31(43)39-23-11-8-12-24(39)19-38(18-23)28(41)20-13-14-26(33-16-20)35-30-34-17-21-15-25(29(42)37(4)5)40(27(21)36-30)22-9-6-7-10-22;1-33(2)26(37)22-12-18-14-29-27(32-24(18)35(22)21-8-3-4-9-21)31-23-11-10-17(13-28-23)25(36)34-15-19-6-5-7-20(16-34)30-19/h13-17,22-24H,6-12,18-19H2,1-5H3,(H,33,34,35,36);10-14,19-21,30H,3-9,15-16H2,1-2H3,(H,28,29,31,32). The highest BCUT2D eigenvalue weighted by atomic mass is 16.6. The predicted molar refractivity (Wildman–Crippen MR) is 307 cm³/mol. The number of rotatable bonds is 10. The number of hydrogen-bond acceptors (Lipinski definition) is 15. The molecular weight excluding hydrogens is 1030 g/mol. The fraction of sp³-hybridized carbons (Fsp3) is 0.542. The van der Waals surface area contributed by atoms with Gasteiger partial charge in [0.25, 0.3) is 23.6 Å². The number of piperidine rings is 2. The van der Waals surface area contributed by atoms with Gasteiger partial charge in [-0.2, -0.15) is 9.97 Å². The lowest BCUT2D eigenvalue weighted by molar-refractivity contribution is -0.0334. The van der Waals surface area contributed by atoms with E-state index >= 15 is 0 Å². The van der Waals surface area contributed by atoms with E-state index in [9.17, 15) is 24.0 Å². The molecule has 4 atom stereocenters. The summed E-state index contributed by atoms with van der Waals surface area (Å²) >= 11 is 0. The monoisotopic (exact) mass is 1100 g/mol. The molecule has 6 aromatic rings. The quantitative estimate of drug-likeness (QED) is 0.117. The van der Waals surface area contributed by atoms with Gasteiger partial charge in [-0.15, -0.1) is 0 Å². The number of ether oxygens (including phenoxy) is 1. The number of nitrogens with one attached hydrogen (secondary N) is 3. The lowest BCUT2D eigenvalue weighted by Gasteiger charge is -2.49. The van der Waals surface area contributed by atoms with Gasteiger partial charge in [0, 0.05) is 114 Å². The van der Waals surface area contributed by atoms with Crippen LogP contribution in [0.5, 0.6) is 0 Å². The largest absolute Gasteiger partial charge is 0.444 e. The van der Waals surface area contributed by atoms with Gasteiger partial charge in [0.15, 0.2) is 0 Å². The summed E-state index contributed by atoms with van der Waals surface area (Å²) in [5.74, 6) is 1.70. The van der Waals surface area contributed by atoms with Crippen LogP contribution in [0.3, 0.4) is 0 Å². The normalized spacial score (nSPS) is 21.1. The van der Waals surface area contributed by atoms with Crippen molar-refractivity contribution < 1.29 is 28.7 Å². The van der Waals surface area contributed by atoms with E-state index in [4.69, 9.17) is 14.7 Å². The van der Waals surface area contributed by atoms with Crippen molar-refractivity contribution in [3.63, 3.8) is 0 Å². The molecule has 2 saturated carbocycles. The molecule has 6 fully saturated rings. The maximum absolute atomic E-state index is 13.5. The van der Waals surface area contributed by atoms with Gasteiger partial charge in [-0.25, -0.2) is 24.7 Å². The van der Waals surface area contributed by atoms with Crippen LogP contribution in [-0.4, -0.2) is 177 Å². The van der Waals surface area contributed by atoms with Crippen molar-refractivity contribution in [1.29, 1.82) is 0 Å². The molecule has 428 valence electrons. The summed E-state index contributed by atoms with van der Waals surface area (Å²) in [4.78, 5) is 102. The van der Waals surface area contributed by atoms with Crippen LogP contribution < -0.4 is 16.0 Å². The SMILES string of the molecule is CN(C)C(=O)c1cc2cnc(Nc3ccc(C(=O)N4CC5CCCC(C4)N5)cn3)nc2n1C1CCCC1.CN(C)C(=O)c1cc2cnc(Nc3ccc(C(=O)N4CC5CCCC(C4)N5C(=O)OC(C)(C)C)cn3)nc2n1C1CCCC1. The number of aromatic nitrogens is 8. The molecule has 12 rings (SSSR count). The van der Waals surface area contributed by atoms with Crippen LogP contribution in [0.1, 0.15) is 164 Å². The molecule has 0 spiro atoms. The minimum absolute atomic E-state index is 0.0302. The number of hydrogen-bond donors (Lipinski definition) is 3. The van der Waals surface area contributed by atoms with Gasteiger partial charge in [-0.05, 0) is 115 Å². The molecule has 4 saturated heterocycles. The molecule has 10 heterocycles. The Hall–Kier alpha value is -7.75. The fourth-order valence-corrected chi connectivity index (χ4v) is 12.8. The van der Waals surface area contributed by atoms with E-state index in [0.717, 1.165) is 119 Å². The van der Waals surface area contributed by atoms with E-state index in [1.165, 1.54) is 6.42 Å².